The van der Waals surface area contributed by atoms with Gasteiger partial charge in [0.2, 0.25) is 0 Å². The van der Waals surface area contributed by atoms with E-state index in [0.29, 0.717) is 11.8 Å². The minimum absolute atomic E-state index is 0.0187. The number of benzene rings is 2. The number of fused-ring (bicyclic) bond motifs is 1. The van der Waals surface area contributed by atoms with Crippen molar-refractivity contribution in [3.63, 3.8) is 0 Å². The molecular weight excluding hydrogens is 360 g/mol. The molecule has 2 nitrogen and oxygen atoms in total. The van der Waals surface area contributed by atoms with Crippen LogP contribution in [0.1, 0.15) is 47.0 Å². The lowest BCUT2D eigenvalue weighted by molar-refractivity contribution is -0.112. The highest BCUT2D eigenvalue weighted by Crippen LogP contribution is 2.66. The molecule has 0 unspecified atom stereocenters. The summed E-state index contributed by atoms with van der Waals surface area (Å²) in [5.74, 6) is 1.02. The molecule has 2 aliphatic carbocycles. The Kier molecular flexibility index (Phi) is 4.87. The quantitative estimate of drug-likeness (QED) is 0.532. The van der Waals surface area contributed by atoms with E-state index in [4.69, 9.17) is 4.43 Å². The van der Waals surface area contributed by atoms with Crippen LogP contribution >= 0.6 is 0 Å². The summed E-state index contributed by atoms with van der Waals surface area (Å²) in [6, 6.07) is 21.7. The van der Waals surface area contributed by atoms with E-state index in [1.54, 1.807) is 0 Å². The van der Waals surface area contributed by atoms with Gasteiger partial charge in [0.05, 0.1) is 0 Å². The molecule has 2 aliphatic rings. The summed E-state index contributed by atoms with van der Waals surface area (Å²) in [6.07, 6.45) is 4.44. The highest BCUT2D eigenvalue weighted by Gasteiger charge is 2.66. The maximum absolute atomic E-state index is 11.8. The standard InChI is InChI=1S/C25H32O2Si/c1-5-21-22-16-25(22,18-26)17-23(21)27-28(24(2,3)4,19-12-8-6-9-13-19)20-14-10-7-11-15-20/h6-15,18,21-23H,5,16-17H2,1-4H3/t21-,22+,23-,25-/m0/s1. The van der Waals surface area contributed by atoms with Gasteiger partial charge in [-0.2, -0.15) is 0 Å². The average Bonchev–Trinajstić information content (AvgIpc) is 3.33. The van der Waals surface area contributed by atoms with Crippen LogP contribution in [0.15, 0.2) is 60.7 Å². The first-order chi connectivity index (χ1) is 13.4. The third-order valence-corrected chi connectivity index (χ3v) is 12.3. The van der Waals surface area contributed by atoms with Crippen molar-refractivity contribution in [2.45, 2.75) is 58.1 Å². The molecule has 4 rings (SSSR count). The summed E-state index contributed by atoms with van der Waals surface area (Å²) in [7, 11) is -2.54. The Morgan fingerprint density at radius 2 is 1.54 bits per heavy atom. The van der Waals surface area contributed by atoms with Crippen molar-refractivity contribution in [1.82, 2.24) is 0 Å². The molecule has 28 heavy (non-hydrogen) atoms. The van der Waals surface area contributed by atoms with E-state index < -0.39 is 8.32 Å². The zero-order valence-electron chi connectivity index (χ0n) is 17.5. The number of carbonyl (C=O) groups excluding carboxylic acids is 1. The summed E-state index contributed by atoms with van der Waals surface area (Å²) in [6.45, 7) is 9.23. The van der Waals surface area contributed by atoms with E-state index in [-0.39, 0.29) is 16.6 Å². The molecule has 0 saturated heterocycles. The van der Waals surface area contributed by atoms with Crippen molar-refractivity contribution >= 4 is 25.0 Å². The first kappa shape index (κ1) is 19.6. The van der Waals surface area contributed by atoms with Crippen molar-refractivity contribution in [2.24, 2.45) is 17.3 Å². The molecule has 0 aliphatic heterocycles. The van der Waals surface area contributed by atoms with Gasteiger partial charge >= 0.3 is 0 Å². The SMILES string of the molecule is CC[C@@H]1[C@@H](O[Si](c2ccccc2)(c2ccccc2)C(C)(C)C)C[C@]2(C=O)C[C@H]12. The number of hydrogen-bond donors (Lipinski definition) is 0. The van der Waals surface area contributed by atoms with Gasteiger partial charge in [0.25, 0.3) is 8.32 Å². The first-order valence-electron chi connectivity index (χ1n) is 10.6. The molecule has 3 heteroatoms. The Morgan fingerprint density at radius 1 is 1.00 bits per heavy atom. The fourth-order valence-corrected chi connectivity index (χ4v) is 10.5. The Morgan fingerprint density at radius 3 is 1.96 bits per heavy atom. The van der Waals surface area contributed by atoms with Crippen LogP contribution in [0.3, 0.4) is 0 Å². The second kappa shape index (κ2) is 6.96. The highest BCUT2D eigenvalue weighted by atomic mass is 28.4. The maximum atomic E-state index is 11.8. The van der Waals surface area contributed by atoms with Crippen molar-refractivity contribution in [3.8, 4) is 0 Å². The van der Waals surface area contributed by atoms with Crippen LogP contribution in [0.4, 0.5) is 0 Å². The fourth-order valence-electron chi connectivity index (χ4n) is 5.73. The lowest BCUT2D eigenvalue weighted by Gasteiger charge is -2.46. The highest BCUT2D eigenvalue weighted by molar-refractivity contribution is 6.99. The molecule has 0 N–H and O–H groups in total. The lowest BCUT2D eigenvalue weighted by Crippen LogP contribution is -2.68. The molecule has 2 fully saturated rings. The van der Waals surface area contributed by atoms with Gasteiger partial charge in [-0.25, -0.2) is 0 Å². The molecule has 2 saturated carbocycles. The van der Waals surface area contributed by atoms with Crippen LogP contribution in [0.25, 0.3) is 0 Å². The molecule has 0 heterocycles. The molecule has 0 amide bonds. The number of carbonyl (C=O) groups is 1. The van der Waals surface area contributed by atoms with Crippen LogP contribution in [0.5, 0.6) is 0 Å². The van der Waals surface area contributed by atoms with Gasteiger partial charge in [0, 0.05) is 11.5 Å². The summed E-state index contributed by atoms with van der Waals surface area (Å²) in [5, 5.41) is 2.63. The molecule has 0 bridgehead atoms. The number of aldehydes is 1. The lowest BCUT2D eigenvalue weighted by atomic mass is 9.98. The van der Waals surface area contributed by atoms with Crippen molar-refractivity contribution in [3.05, 3.63) is 60.7 Å². The van der Waals surface area contributed by atoms with Crippen molar-refractivity contribution in [2.75, 3.05) is 0 Å². The Balaban J connectivity index is 1.83. The zero-order valence-corrected chi connectivity index (χ0v) is 18.5. The number of hydrogen-bond acceptors (Lipinski definition) is 2. The molecule has 148 valence electrons. The predicted octanol–water partition coefficient (Wildman–Crippen LogP) is 4.57. The van der Waals surface area contributed by atoms with Gasteiger partial charge < -0.3 is 9.22 Å². The molecule has 0 radical (unpaired) electrons. The summed E-state index contributed by atoms with van der Waals surface area (Å²) in [5.41, 5.74) is -0.100. The monoisotopic (exact) mass is 392 g/mol. The van der Waals surface area contributed by atoms with E-state index in [9.17, 15) is 4.79 Å². The Bertz CT molecular complexity index is 787. The van der Waals surface area contributed by atoms with Gasteiger partial charge in [-0.3, -0.25) is 0 Å². The Hall–Kier alpha value is -1.71. The van der Waals surface area contributed by atoms with E-state index in [1.165, 1.54) is 16.7 Å². The van der Waals surface area contributed by atoms with Crippen molar-refractivity contribution in [1.29, 1.82) is 0 Å². The van der Waals surface area contributed by atoms with Gasteiger partial charge in [-0.1, -0.05) is 94.8 Å². The third kappa shape index (κ3) is 2.91. The minimum Gasteiger partial charge on any atom is -0.404 e. The van der Waals surface area contributed by atoms with Gasteiger partial charge in [-0.05, 0) is 40.1 Å². The summed E-state index contributed by atoms with van der Waals surface area (Å²) >= 11 is 0. The van der Waals surface area contributed by atoms with Crippen molar-refractivity contribution < 1.29 is 9.22 Å². The first-order valence-corrected chi connectivity index (χ1v) is 12.5. The second-order valence-corrected chi connectivity index (χ2v) is 14.0. The van der Waals surface area contributed by atoms with Crippen LogP contribution in [-0.4, -0.2) is 20.7 Å². The minimum atomic E-state index is -2.54. The maximum Gasteiger partial charge on any atom is 0.261 e. The number of rotatable bonds is 6. The molecule has 0 aromatic heterocycles. The predicted molar refractivity (Wildman–Crippen MR) is 117 cm³/mol. The van der Waals surface area contributed by atoms with E-state index >= 15 is 0 Å². The summed E-state index contributed by atoms with van der Waals surface area (Å²) < 4.78 is 7.35. The van der Waals surface area contributed by atoms with Gasteiger partial charge in [-0.15, -0.1) is 0 Å². The smallest absolute Gasteiger partial charge is 0.261 e. The molecule has 2 aromatic rings. The third-order valence-electron chi connectivity index (χ3n) is 7.20. The van der Waals surface area contributed by atoms with E-state index in [1.807, 2.05) is 0 Å². The van der Waals surface area contributed by atoms with Crippen LogP contribution in [0, 0.1) is 17.3 Å². The Labute approximate surface area is 170 Å². The van der Waals surface area contributed by atoms with E-state index in [0.717, 1.165) is 19.3 Å². The molecule has 4 atom stereocenters. The fraction of sp³-hybridized carbons (Fsp3) is 0.480. The molecule has 2 aromatic carbocycles. The normalized spacial score (nSPS) is 29.4. The average molecular weight is 393 g/mol. The van der Waals surface area contributed by atoms with Crippen LogP contribution in [-0.2, 0) is 9.22 Å². The molecule has 0 spiro atoms. The molecular formula is C25H32O2Si. The van der Waals surface area contributed by atoms with Crippen LogP contribution in [0.2, 0.25) is 5.04 Å². The topological polar surface area (TPSA) is 26.3 Å². The second-order valence-electron chi connectivity index (χ2n) is 9.76. The van der Waals surface area contributed by atoms with Crippen LogP contribution < -0.4 is 10.4 Å². The summed E-state index contributed by atoms with van der Waals surface area (Å²) in [4.78, 5) is 11.8. The largest absolute Gasteiger partial charge is 0.404 e. The van der Waals surface area contributed by atoms with E-state index in [2.05, 4.69) is 88.4 Å². The van der Waals surface area contributed by atoms with Gasteiger partial charge in [0.15, 0.2) is 0 Å². The van der Waals surface area contributed by atoms with Gasteiger partial charge in [0.1, 0.15) is 6.29 Å². The zero-order chi connectivity index (χ0) is 20.0.